The number of furan rings is 1. The fourth-order valence-electron chi connectivity index (χ4n) is 3.02. The van der Waals surface area contributed by atoms with E-state index in [0.29, 0.717) is 16.9 Å². The number of hydrogen-bond donors (Lipinski definition) is 1. The van der Waals surface area contributed by atoms with Gasteiger partial charge in [0.15, 0.2) is 0 Å². The molecule has 0 saturated heterocycles. The fraction of sp³-hybridized carbons (Fsp3) is 0.190. The summed E-state index contributed by atoms with van der Waals surface area (Å²) in [6.45, 7) is 1.67. The van der Waals surface area contributed by atoms with Crippen LogP contribution in [0.4, 0.5) is 5.69 Å². The van der Waals surface area contributed by atoms with Gasteiger partial charge in [0.25, 0.3) is 11.6 Å². The number of nitrogens with one attached hydrogen (secondary N) is 1. The zero-order chi connectivity index (χ0) is 22.6. The van der Waals surface area contributed by atoms with Gasteiger partial charge in [-0.2, -0.15) is 0 Å². The quantitative estimate of drug-likeness (QED) is 0.421. The normalized spacial score (nSPS) is 11.3. The van der Waals surface area contributed by atoms with E-state index in [0.717, 1.165) is 0 Å². The Labute approximate surface area is 179 Å². The zero-order valence-electron chi connectivity index (χ0n) is 16.9. The van der Waals surface area contributed by atoms with Crippen LogP contribution in [0.5, 0.6) is 0 Å². The minimum absolute atomic E-state index is 0.00312. The van der Waals surface area contributed by atoms with Crippen LogP contribution in [0.15, 0.2) is 70.2 Å². The zero-order valence-corrected chi connectivity index (χ0v) is 17.8. The number of nitrogens with zero attached hydrogens (tertiary/aromatic N) is 2. The summed E-state index contributed by atoms with van der Waals surface area (Å²) < 4.78 is 32.8. The van der Waals surface area contributed by atoms with Crippen molar-refractivity contribution >= 4 is 21.6 Å². The number of carbonyl (C=O) groups is 1. The van der Waals surface area contributed by atoms with Crippen molar-refractivity contribution in [2.45, 2.75) is 24.9 Å². The highest BCUT2D eigenvalue weighted by molar-refractivity contribution is 7.89. The van der Waals surface area contributed by atoms with Crippen molar-refractivity contribution in [1.29, 1.82) is 0 Å². The molecule has 3 aromatic rings. The van der Waals surface area contributed by atoms with Gasteiger partial charge in [-0.3, -0.25) is 14.9 Å². The molecule has 0 aliphatic rings. The lowest BCUT2D eigenvalue weighted by Crippen LogP contribution is -2.28. The summed E-state index contributed by atoms with van der Waals surface area (Å²) in [5.41, 5.74) is 1.08. The van der Waals surface area contributed by atoms with E-state index in [2.05, 4.69) is 4.72 Å². The summed E-state index contributed by atoms with van der Waals surface area (Å²) in [5, 5.41) is 11.2. The highest BCUT2D eigenvalue weighted by Crippen LogP contribution is 2.22. The summed E-state index contributed by atoms with van der Waals surface area (Å²) in [7, 11) is -2.37. The van der Waals surface area contributed by atoms with E-state index in [9.17, 15) is 23.3 Å². The summed E-state index contributed by atoms with van der Waals surface area (Å²) >= 11 is 0. The van der Waals surface area contributed by atoms with Crippen LogP contribution in [-0.4, -0.2) is 31.2 Å². The molecule has 0 aliphatic heterocycles. The van der Waals surface area contributed by atoms with Gasteiger partial charge in [-0.25, -0.2) is 13.1 Å². The number of benzene rings is 2. The van der Waals surface area contributed by atoms with Crippen molar-refractivity contribution in [3.63, 3.8) is 0 Å². The smallest absolute Gasteiger partial charge is 0.274 e. The molecule has 162 valence electrons. The lowest BCUT2D eigenvalue weighted by atomic mass is 10.1. The molecule has 0 atom stereocenters. The molecule has 1 N–H and O–H groups in total. The molecule has 1 heterocycles. The Morgan fingerprint density at radius 3 is 2.58 bits per heavy atom. The molecular weight excluding hydrogens is 422 g/mol. The number of carbonyl (C=O) groups excluding carboxylic acids is 1. The first-order chi connectivity index (χ1) is 14.7. The van der Waals surface area contributed by atoms with Gasteiger partial charge in [-0.15, -0.1) is 0 Å². The molecule has 31 heavy (non-hydrogen) atoms. The first kappa shape index (κ1) is 22.2. The molecule has 1 aromatic heterocycles. The summed E-state index contributed by atoms with van der Waals surface area (Å²) in [6.07, 6.45) is 1.44. The maximum absolute atomic E-state index is 13.0. The van der Waals surface area contributed by atoms with Gasteiger partial charge in [0.05, 0.1) is 29.2 Å². The van der Waals surface area contributed by atoms with Crippen molar-refractivity contribution < 1.29 is 22.6 Å². The van der Waals surface area contributed by atoms with E-state index in [1.54, 1.807) is 43.3 Å². The lowest BCUT2D eigenvalue weighted by Gasteiger charge is -2.19. The minimum Gasteiger partial charge on any atom is -0.468 e. The number of hydrogen-bond acceptors (Lipinski definition) is 6. The van der Waals surface area contributed by atoms with Crippen molar-refractivity contribution in [2.24, 2.45) is 0 Å². The average Bonchev–Trinajstić information content (AvgIpc) is 3.26. The second kappa shape index (κ2) is 9.11. The lowest BCUT2D eigenvalue weighted by molar-refractivity contribution is -0.385. The van der Waals surface area contributed by atoms with Gasteiger partial charge in [0.2, 0.25) is 10.0 Å². The third-order valence-corrected chi connectivity index (χ3v) is 6.11. The second-order valence-corrected chi connectivity index (χ2v) is 8.69. The highest BCUT2D eigenvalue weighted by atomic mass is 32.2. The topological polar surface area (TPSA) is 123 Å². The van der Waals surface area contributed by atoms with E-state index in [4.69, 9.17) is 4.42 Å². The molecule has 0 aliphatic carbocycles. The predicted molar refractivity (Wildman–Crippen MR) is 113 cm³/mol. The average molecular weight is 443 g/mol. The van der Waals surface area contributed by atoms with E-state index < -0.39 is 20.9 Å². The molecule has 2 aromatic carbocycles. The van der Waals surface area contributed by atoms with Crippen LogP contribution >= 0.6 is 0 Å². The van der Waals surface area contributed by atoms with Crippen LogP contribution in [-0.2, 0) is 23.1 Å². The number of rotatable bonds is 8. The maximum Gasteiger partial charge on any atom is 0.274 e. The Bertz CT molecular complexity index is 1210. The fourth-order valence-corrected chi connectivity index (χ4v) is 4.04. The standard InChI is InChI=1S/C21H21N3O6S/c1-15-9-10-18(31(28,29)22-13-17-7-5-11-30-17)12-19(15)21(25)23(2)14-16-6-3-4-8-20(16)24(26)27/h3-12,22H,13-14H2,1-2H3. The SMILES string of the molecule is Cc1ccc(S(=O)(=O)NCc2ccco2)cc1C(=O)N(C)Cc1ccccc1[N+](=O)[O-]. The Morgan fingerprint density at radius 1 is 1.16 bits per heavy atom. The van der Waals surface area contributed by atoms with E-state index >= 15 is 0 Å². The molecule has 1 amide bonds. The van der Waals surface area contributed by atoms with Crippen molar-refractivity contribution in [1.82, 2.24) is 9.62 Å². The predicted octanol–water partition coefficient (Wildman–Crippen LogP) is 3.25. The van der Waals surface area contributed by atoms with Crippen LogP contribution in [0.3, 0.4) is 0 Å². The third kappa shape index (κ3) is 5.16. The van der Waals surface area contributed by atoms with Gasteiger partial charge < -0.3 is 9.32 Å². The Morgan fingerprint density at radius 2 is 1.90 bits per heavy atom. The van der Waals surface area contributed by atoms with Crippen LogP contribution in [0.2, 0.25) is 0 Å². The summed E-state index contributed by atoms with van der Waals surface area (Å²) in [4.78, 5) is 25.0. The van der Waals surface area contributed by atoms with E-state index in [1.165, 1.54) is 36.4 Å². The number of nitro benzene ring substituents is 1. The Hall–Kier alpha value is -3.50. The largest absolute Gasteiger partial charge is 0.468 e. The molecule has 0 saturated carbocycles. The first-order valence-corrected chi connectivity index (χ1v) is 10.8. The summed E-state index contributed by atoms with van der Waals surface area (Å²) in [5.74, 6) is 0.00918. The number of aryl methyl sites for hydroxylation is 1. The molecule has 3 rings (SSSR count). The van der Waals surface area contributed by atoms with E-state index in [-0.39, 0.29) is 29.2 Å². The van der Waals surface area contributed by atoms with Crippen LogP contribution in [0.25, 0.3) is 0 Å². The first-order valence-electron chi connectivity index (χ1n) is 9.29. The highest BCUT2D eigenvalue weighted by Gasteiger charge is 2.22. The number of sulfonamides is 1. The van der Waals surface area contributed by atoms with Crippen molar-refractivity contribution in [3.8, 4) is 0 Å². The van der Waals surface area contributed by atoms with Crippen LogP contribution in [0, 0.1) is 17.0 Å². The molecule has 0 radical (unpaired) electrons. The van der Waals surface area contributed by atoms with Crippen LogP contribution < -0.4 is 4.72 Å². The number of amides is 1. The molecule has 0 spiro atoms. The van der Waals surface area contributed by atoms with Crippen LogP contribution in [0.1, 0.15) is 27.2 Å². The molecule has 0 fully saturated rings. The van der Waals surface area contributed by atoms with Crippen molar-refractivity contribution in [2.75, 3.05) is 7.05 Å². The monoisotopic (exact) mass is 443 g/mol. The van der Waals surface area contributed by atoms with Gasteiger partial charge in [-0.05, 0) is 36.8 Å². The Kier molecular flexibility index (Phi) is 6.52. The summed E-state index contributed by atoms with van der Waals surface area (Å²) in [6, 6.07) is 13.7. The van der Waals surface area contributed by atoms with Gasteiger partial charge in [0.1, 0.15) is 5.76 Å². The van der Waals surface area contributed by atoms with Gasteiger partial charge in [-0.1, -0.05) is 24.3 Å². The van der Waals surface area contributed by atoms with E-state index in [1.807, 2.05) is 0 Å². The van der Waals surface area contributed by atoms with Gasteiger partial charge >= 0.3 is 0 Å². The molecule has 0 unspecified atom stereocenters. The molecule has 9 nitrogen and oxygen atoms in total. The number of para-hydroxylation sites is 1. The molecule has 0 bridgehead atoms. The molecule has 10 heteroatoms. The third-order valence-electron chi connectivity index (χ3n) is 4.71. The minimum atomic E-state index is -3.88. The second-order valence-electron chi connectivity index (χ2n) is 6.93. The molecular formula is C21H21N3O6S. The Balaban J connectivity index is 1.82. The maximum atomic E-state index is 13.0. The van der Waals surface area contributed by atoms with Crippen molar-refractivity contribution in [3.05, 3.63) is 93.4 Å². The van der Waals surface area contributed by atoms with Gasteiger partial charge in [0, 0.05) is 24.2 Å². The number of nitro groups is 1.